The first kappa shape index (κ1) is 14.0. The first-order valence-electron chi connectivity index (χ1n) is 6.37. The maximum absolute atomic E-state index is 12.1. The average Bonchev–Trinajstić information content (AvgIpc) is 2.43. The first-order chi connectivity index (χ1) is 9.49. The highest BCUT2D eigenvalue weighted by molar-refractivity contribution is 5.99. The monoisotopic (exact) mass is 272 g/mol. The highest BCUT2D eigenvalue weighted by atomic mass is 16.4. The topological polar surface area (TPSA) is 79.3 Å². The van der Waals surface area contributed by atoms with E-state index < -0.39 is 17.9 Å². The Balaban J connectivity index is 2.24. The molecule has 20 heavy (non-hydrogen) atoms. The third kappa shape index (κ3) is 2.93. The third-order valence-corrected chi connectivity index (χ3v) is 3.07. The van der Waals surface area contributed by atoms with E-state index in [-0.39, 0.29) is 5.92 Å². The number of para-hydroxylation sites is 1. The first-order valence-corrected chi connectivity index (χ1v) is 6.37. The molecule has 5 heteroatoms. The van der Waals surface area contributed by atoms with E-state index in [1.54, 1.807) is 19.9 Å². The number of nitrogens with zero attached hydrogens (tertiary/aromatic N) is 1. The maximum Gasteiger partial charge on any atom is 0.326 e. The largest absolute Gasteiger partial charge is 0.480 e. The second-order valence-electron chi connectivity index (χ2n) is 4.95. The smallest absolute Gasteiger partial charge is 0.326 e. The van der Waals surface area contributed by atoms with E-state index in [9.17, 15) is 9.59 Å². The van der Waals surface area contributed by atoms with E-state index in [4.69, 9.17) is 5.11 Å². The summed E-state index contributed by atoms with van der Waals surface area (Å²) in [5.74, 6) is -1.66. The molecule has 1 unspecified atom stereocenters. The number of rotatable bonds is 4. The summed E-state index contributed by atoms with van der Waals surface area (Å²) < 4.78 is 0. The molecular formula is C15H16N2O3. The number of hydrogen-bond acceptors (Lipinski definition) is 3. The van der Waals surface area contributed by atoms with Gasteiger partial charge in [-0.3, -0.25) is 9.78 Å². The lowest BCUT2D eigenvalue weighted by molar-refractivity contribution is -0.140. The fourth-order valence-electron chi connectivity index (χ4n) is 1.93. The summed E-state index contributed by atoms with van der Waals surface area (Å²) >= 11 is 0. The minimum Gasteiger partial charge on any atom is -0.480 e. The van der Waals surface area contributed by atoms with Crippen LogP contribution in [0.2, 0.25) is 0 Å². The molecule has 0 aliphatic rings. The van der Waals surface area contributed by atoms with Crippen molar-refractivity contribution in [1.29, 1.82) is 0 Å². The highest BCUT2D eigenvalue weighted by Crippen LogP contribution is 2.13. The summed E-state index contributed by atoms with van der Waals surface area (Å²) in [6, 6.07) is 8.24. The molecule has 104 valence electrons. The molecule has 2 aromatic rings. The van der Waals surface area contributed by atoms with Crippen LogP contribution in [-0.2, 0) is 4.79 Å². The van der Waals surface area contributed by atoms with Gasteiger partial charge in [-0.05, 0) is 18.1 Å². The molecule has 1 atom stereocenters. The molecule has 2 N–H and O–H groups in total. The Morgan fingerprint density at radius 2 is 1.95 bits per heavy atom. The number of aliphatic carboxylic acids is 1. The fourth-order valence-corrected chi connectivity index (χ4v) is 1.93. The fraction of sp³-hybridized carbons (Fsp3) is 0.267. The molecule has 2 rings (SSSR count). The van der Waals surface area contributed by atoms with Gasteiger partial charge in [0.2, 0.25) is 0 Å². The van der Waals surface area contributed by atoms with E-state index in [2.05, 4.69) is 10.3 Å². The Bertz CT molecular complexity index is 652. The van der Waals surface area contributed by atoms with E-state index in [1.807, 2.05) is 24.3 Å². The molecule has 0 spiro atoms. The van der Waals surface area contributed by atoms with Crippen LogP contribution in [0.4, 0.5) is 0 Å². The van der Waals surface area contributed by atoms with Crippen molar-refractivity contribution in [3.63, 3.8) is 0 Å². The van der Waals surface area contributed by atoms with Crippen molar-refractivity contribution in [2.45, 2.75) is 19.9 Å². The Kier molecular flexibility index (Phi) is 3.98. The van der Waals surface area contributed by atoms with Crippen LogP contribution in [-0.4, -0.2) is 28.0 Å². The summed E-state index contributed by atoms with van der Waals surface area (Å²) in [6.45, 7) is 3.50. The Morgan fingerprint density at radius 1 is 1.25 bits per heavy atom. The van der Waals surface area contributed by atoms with Crippen LogP contribution in [0.3, 0.4) is 0 Å². The second kappa shape index (κ2) is 5.69. The van der Waals surface area contributed by atoms with Crippen LogP contribution in [0.1, 0.15) is 24.2 Å². The zero-order chi connectivity index (χ0) is 14.7. The zero-order valence-corrected chi connectivity index (χ0v) is 11.3. The van der Waals surface area contributed by atoms with Gasteiger partial charge < -0.3 is 10.4 Å². The van der Waals surface area contributed by atoms with Gasteiger partial charge in [0.05, 0.1) is 11.1 Å². The number of benzene rings is 1. The van der Waals surface area contributed by atoms with E-state index in [0.717, 1.165) is 10.9 Å². The summed E-state index contributed by atoms with van der Waals surface area (Å²) in [7, 11) is 0. The number of hydrogen-bond donors (Lipinski definition) is 2. The van der Waals surface area contributed by atoms with Gasteiger partial charge in [0.15, 0.2) is 0 Å². The SMILES string of the molecule is CC(C)C(NC(=O)c1cnc2ccccc2c1)C(=O)O. The molecule has 1 aromatic carbocycles. The van der Waals surface area contributed by atoms with Gasteiger partial charge in [-0.25, -0.2) is 4.79 Å². The molecule has 5 nitrogen and oxygen atoms in total. The summed E-state index contributed by atoms with van der Waals surface area (Å²) in [6.07, 6.45) is 1.46. The number of nitrogens with one attached hydrogen (secondary N) is 1. The van der Waals surface area contributed by atoms with Crippen LogP contribution >= 0.6 is 0 Å². The molecule has 0 saturated heterocycles. The maximum atomic E-state index is 12.1. The Labute approximate surface area is 116 Å². The standard InChI is InChI=1S/C15H16N2O3/c1-9(2)13(15(19)20)17-14(18)11-7-10-5-3-4-6-12(10)16-8-11/h3-9,13H,1-2H3,(H,17,18)(H,19,20). The summed E-state index contributed by atoms with van der Waals surface area (Å²) in [5.41, 5.74) is 1.15. The Hall–Kier alpha value is -2.43. The molecule has 0 fully saturated rings. The number of carbonyl (C=O) groups is 2. The van der Waals surface area contributed by atoms with Crippen molar-refractivity contribution < 1.29 is 14.7 Å². The predicted molar refractivity (Wildman–Crippen MR) is 75.5 cm³/mol. The molecule has 0 bridgehead atoms. The van der Waals surface area contributed by atoms with Gasteiger partial charge in [-0.2, -0.15) is 0 Å². The van der Waals surface area contributed by atoms with E-state index in [1.165, 1.54) is 6.20 Å². The molecule has 1 heterocycles. The second-order valence-corrected chi connectivity index (χ2v) is 4.95. The van der Waals surface area contributed by atoms with Gasteiger partial charge in [-0.15, -0.1) is 0 Å². The average molecular weight is 272 g/mol. The zero-order valence-electron chi connectivity index (χ0n) is 11.3. The van der Waals surface area contributed by atoms with Crippen LogP contribution in [0.5, 0.6) is 0 Å². The minimum atomic E-state index is -1.04. The number of pyridine rings is 1. The van der Waals surface area contributed by atoms with Gasteiger partial charge in [0.25, 0.3) is 5.91 Å². The van der Waals surface area contributed by atoms with Crippen molar-refractivity contribution in [1.82, 2.24) is 10.3 Å². The van der Waals surface area contributed by atoms with Crippen molar-refractivity contribution >= 4 is 22.8 Å². The van der Waals surface area contributed by atoms with E-state index >= 15 is 0 Å². The summed E-state index contributed by atoms with van der Waals surface area (Å²) in [5, 5.41) is 12.4. The molecular weight excluding hydrogens is 256 g/mol. The lowest BCUT2D eigenvalue weighted by Gasteiger charge is -2.17. The molecule has 0 aliphatic carbocycles. The summed E-state index contributed by atoms with van der Waals surface area (Å²) in [4.78, 5) is 27.4. The lowest BCUT2D eigenvalue weighted by Crippen LogP contribution is -2.44. The molecule has 0 aliphatic heterocycles. The van der Waals surface area contributed by atoms with Gasteiger partial charge in [0.1, 0.15) is 6.04 Å². The number of carboxylic acid groups (broad SMARTS) is 1. The highest BCUT2D eigenvalue weighted by Gasteiger charge is 2.24. The molecule has 0 saturated carbocycles. The minimum absolute atomic E-state index is 0.190. The van der Waals surface area contributed by atoms with Crippen molar-refractivity contribution in [3.05, 3.63) is 42.1 Å². The number of carboxylic acids is 1. The van der Waals surface area contributed by atoms with Crippen LogP contribution in [0.15, 0.2) is 36.5 Å². The van der Waals surface area contributed by atoms with Gasteiger partial charge in [0, 0.05) is 11.6 Å². The number of fused-ring (bicyclic) bond motifs is 1. The number of aromatic nitrogens is 1. The van der Waals surface area contributed by atoms with Crippen molar-refractivity contribution in [2.24, 2.45) is 5.92 Å². The predicted octanol–water partition coefficient (Wildman–Crippen LogP) is 2.07. The lowest BCUT2D eigenvalue weighted by atomic mass is 10.0. The van der Waals surface area contributed by atoms with Crippen LogP contribution < -0.4 is 5.32 Å². The number of carbonyl (C=O) groups excluding carboxylic acids is 1. The van der Waals surface area contributed by atoms with Crippen LogP contribution in [0, 0.1) is 5.92 Å². The third-order valence-electron chi connectivity index (χ3n) is 3.07. The Morgan fingerprint density at radius 3 is 2.60 bits per heavy atom. The molecule has 1 amide bonds. The van der Waals surface area contributed by atoms with Crippen molar-refractivity contribution in [3.8, 4) is 0 Å². The van der Waals surface area contributed by atoms with E-state index in [0.29, 0.717) is 5.56 Å². The number of amides is 1. The van der Waals surface area contributed by atoms with Crippen LogP contribution in [0.25, 0.3) is 10.9 Å². The normalized spacial score (nSPS) is 12.3. The van der Waals surface area contributed by atoms with Crippen molar-refractivity contribution in [2.75, 3.05) is 0 Å². The van der Waals surface area contributed by atoms with Gasteiger partial charge in [-0.1, -0.05) is 32.0 Å². The molecule has 1 aromatic heterocycles. The van der Waals surface area contributed by atoms with Gasteiger partial charge >= 0.3 is 5.97 Å². The quantitative estimate of drug-likeness (QED) is 0.893. The molecule has 0 radical (unpaired) electrons.